The Bertz CT molecular complexity index is 44.5. The molecule has 0 aliphatic heterocycles. The minimum Gasteiger partial charge on any atom is -1.00 e. The summed E-state index contributed by atoms with van der Waals surface area (Å²) in [6.07, 6.45) is 0. The molecule has 5 nitrogen and oxygen atoms in total. The second-order valence-corrected chi connectivity index (χ2v) is 0.231. The summed E-state index contributed by atoms with van der Waals surface area (Å²) in [6, 6.07) is 0. The van der Waals surface area contributed by atoms with Crippen LogP contribution in [-0.2, 0) is 4.94 Å². The van der Waals surface area contributed by atoms with Gasteiger partial charge in [0, 0.05) is 0 Å². The fourth-order valence-corrected chi connectivity index (χ4v) is 0.0136. The molecule has 0 fully saturated rings. The molecule has 0 rings (SSSR count). The Morgan fingerprint density at radius 2 is 1.67 bits per heavy atom. The molecule has 0 heterocycles. The predicted octanol–water partition coefficient (Wildman–Crippen LogP) is 0.210. The van der Waals surface area contributed by atoms with Gasteiger partial charge in [0.2, 0.25) is 0 Å². The van der Waals surface area contributed by atoms with Crippen molar-refractivity contribution >= 4 is 37.7 Å². The van der Waals surface area contributed by atoms with E-state index < -0.39 is 0 Å². The Morgan fingerprint density at radius 1 is 1.33 bits per heavy atom. The second kappa shape index (κ2) is 8.98. The zero-order valence-electron chi connectivity index (χ0n) is 4.83. The van der Waals surface area contributed by atoms with Crippen LogP contribution in [0.3, 0.4) is 0 Å². The molecule has 0 N–H and O–H groups in total. The van der Waals surface area contributed by atoms with Gasteiger partial charge in [-0.1, -0.05) is 0 Å². The van der Waals surface area contributed by atoms with Gasteiger partial charge < -0.3 is 2.85 Å². The Labute approximate surface area is 65.9 Å². The van der Waals surface area contributed by atoms with Crippen molar-refractivity contribution in [1.29, 1.82) is 0 Å². The summed E-state index contributed by atoms with van der Waals surface area (Å²) in [6.45, 7) is 0. The van der Waals surface area contributed by atoms with Crippen molar-refractivity contribution in [3.05, 3.63) is 9.81 Å². The van der Waals surface area contributed by atoms with Gasteiger partial charge in [-0.3, -0.25) is 0 Å². The van der Waals surface area contributed by atoms with Gasteiger partial charge >= 0.3 is 37.7 Å². The summed E-state index contributed by atoms with van der Waals surface area (Å²) in [7, 11) is 0. The Hall–Kier alpha value is 0.260. The summed E-state index contributed by atoms with van der Waals surface area (Å²) < 4.78 is 0. The molecular weight excluding hydrogens is 116 g/mol. The second-order valence-electron chi connectivity index (χ2n) is 0.231. The van der Waals surface area contributed by atoms with Crippen molar-refractivity contribution in [1.82, 2.24) is 0 Å². The molecule has 0 saturated carbocycles. The molecule has 6 heavy (non-hydrogen) atoms. The van der Waals surface area contributed by atoms with E-state index in [9.17, 15) is 0 Å². The summed E-state index contributed by atoms with van der Waals surface area (Å²) >= 11 is 0. The van der Waals surface area contributed by atoms with Crippen molar-refractivity contribution in [2.24, 2.45) is 10.7 Å². The number of nitrogens with zero attached hydrogens (tertiary/aromatic N) is 2. The van der Waals surface area contributed by atoms with Crippen LogP contribution in [0, 0.1) is 9.81 Å². The van der Waals surface area contributed by atoms with Crippen molar-refractivity contribution < 1.29 is 7.79 Å². The van der Waals surface area contributed by atoms with E-state index in [1.54, 1.807) is 10.7 Å². The van der Waals surface area contributed by atoms with Crippen LogP contribution in [0.1, 0.15) is 2.85 Å². The zero-order chi connectivity index (χ0) is 4.12. The van der Waals surface area contributed by atoms with Crippen LogP contribution >= 0.6 is 0 Å². The summed E-state index contributed by atoms with van der Waals surface area (Å²) in [5.74, 6) is 0. The Morgan fingerprint density at radius 3 is 1.67 bits per heavy atom. The van der Waals surface area contributed by atoms with Crippen molar-refractivity contribution in [3.8, 4) is 0 Å². The molecule has 0 aromatic heterocycles. The van der Waals surface area contributed by atoms with Crippen LogP contribution in [0.2, 0.25) is 0 Å². The molecular formula is H2CaN2O3. The van der Waals surface area contributed by atoms with Gasteiger partial charge in [0.05, 0.1) is 0 Å². The first-order valence-corrected chi connectivity index (χ1v) is 0.730. The summed E-state index contributed by atoms with van der Waals surface area (Å²) in [4.78, 5) is 20.2. The molecule has 32 valence electrons. The first kappa shape index (κ1) is 9.54. The molecule has 0 aromatic carbocycles. The quantitative estimate of drug-likeness (QED) is 0.295. The van der Waals surface area contributed by atoms with Crippen LogP contribution in [-0.4, -0.2) is 37.7 Å². The zero-order valence-corrected chi connectivity index (χ0v) is 5.03. The van der Waals surface area contributed by atoms with E-state index in [4.69, 9.17) is 9.81 Å². The maximum Gasteiger partial charge on any atom is 2.00 e. The Balaban J connectivity index is -0.0000000267. The number of hydrogen-bond donors (Lipinski definition) is 0. The van der Waals surface area contributed by atoms with Crippen LogP contribution < -0.4 is 0 Å². The third-order valence-corrected chi connectivity index (χ3v) is 0.0667. The molecule has 0 bridgehead atoms. The molecule has 6 heteroatoms. The van der Waals surface area contributed by atoms with Gasteiger partial charge in [-0.25, -0.2) is 0 Å². The van der Waals surface area contributed by atoms with Gasteiger partial charge in [0.25, 0.3) is 0 Å². The van der Waals surface area contributed by atoms with Crippen LogP contribution in [0.25, 0.3) is 0 Å². The first-order chi connectivity index (χ1) is 2.41. The van der Waals surface area contributed by atoms with E-state index >= 15 is 0 Å². The maximum absolute atomic E-state index is 8.64. The normalized spacial score (nSPS) is 4.67. The minimum absolute atomic E-state index is 0. The van der Waals surface area contributed by atoms with E-state index in [1.165, 1.54) is 0 Å². The summed E-state index contributed by atoms with van der Waals surface area (Å²) in [5.41, 5.74) is 0. The molecule has 0 atom stereocenters. The van der Waals surface area contributed by atoms with Gasteiger partial charge in [-0.15, -0.1) is 9.81 Å². The largest absolute Gasteiger partial charge is 2.00 e. The van der Waals surface area contributed by atoms with Gasteiger partial charge in [0.1, 0.15) is 0 Å². The van der Waals surface area contributed by atoms with Crippen LogP contribution in [0.15, 0.2) is 10.7 Å². The third kappa shape index (κ3) is 8.86. The molecule has 0 spiro atoms. The van der Waals surface area contributed by atoms with Crippen molar-refractivity contribution in [3.63, 3.8) is 0 Å². The van der Waals surface area contributed by atoms with Crippen molar-refractivity contribution in [2.45, 2.75) is 0 Å². The molecule has 0 aliphatic rings. The van der Waals surface area contributed by atoms with Crippen molar-refractivity contribution in [2.75, 3.05) is 0 Å². The van der Waals surface area contributed by atoms with E-state index in [0.717, 1.165) is 0 Å². The number of hydrogen-bond acceptors (Lipinski definition) is 5. The molecule has 0 aromatic rings. The topological polar surface area (TPSA) is 68.1 Å². The van der Waals surface area contributed by atoms with Gasteiger partial charge in [-0.2, -0.15) is 4.94 Å². The Kier molecular flexibility index (Phi) is 14.3. The van der Waals surface area contributed by atoms with Crippen LogP contribution in [0.4, 0.5) is 0 Å². The summed E-state index contributed by atoms with van der Waals surface area (Å²) in [5, 5.41) is 3.25. The van der Waals surface area contributed by atoms with E-state index in [-0.39, 0.29) is 40.6 Å². The molecule has 0 radical (unpaired) electrons. The van der Waals surface area contributed by atoms with E-state index in [2.05, 4.69) is 4.94 Å². The van der Waals surface area contributed by atoms with E-state index in [0.29, 0.717) is 0 Å². The average molecular weight is 118 g/mol. The van der Waals surface area contributed by atoms with Crippen LogP contribution in [0.5, 0.6) is 0 Å². The molecule has 0 unspecified atom stereocenters. The smallest absolute Gasteiger partial charge is 1.00 e. The SMILES string of the molecule is O=NON=O.[Ca+2].[H-].[H-]. The average Bonchev–Trinajstić information content (AvgIpc) is 1.41. The van der Waals surface area contributed by atoms with E-state index in [1.807, 2.05) is 0 Å². The fourth-order valence-electron chi connectivity index (χ4n) is 0.0136. The molecule has 0 saturated heterocycles. The number of rotatable bonds is 2. The van der Waals surface area contributed by atoms with Gasteiger partial charge in [0.15, 0.2) is 10.7 Å². The minimum atomic E-state index is 0. The first-order valence-electron chi connectivity index (χ1n) is 0.730. The maximum atomic E-state index is 8.64. The fraction of sp³-hybridized carbons (Fsp3) is 0. The molecule has 0 aliphatic carbocycles. The standard InChI is InChI=1S/Ca.N2O3.2H/c;3-1-5-2-4;;/q+2;;2*-1. The third-order valence-electron chi connectivity index (χ3n) is 0.0667. The predicted molar refractivity (Wildman–Crippen MR) is 20.7 cm³/mol. The monoisotopic (exact) mass is 118 g/mol. The molecule has 0 amide bonds. The van der Waals surface area contributed by atoms with Gasteiger partial charge in [-0.05, 0) is 0 Å².